The lowest BCUT2D eigenvalue weighted by molar-refractivity contribution is -0.870. The molecule has 70 heavy (non-hydrogen) atoms. The van der Waals surface area contributed by atoms with Crippen LogP contribution in [-0.4, -0.2) is 69.4 Å². The molecular weight excluding hydrogens is 892 g/mol. The Hall–Kier alpha value is -3.07. The fourth-order valence-corrected chi connectivity index (χ4v) is 8.12. The van der Waals surface area contributed by atoms with E-state index in [0.717, 1.165) is 103 Å². The molecule has 0 aliphatic rings. The van der Waals surface area contributed by atoms with Crippen molar-refractivity contribution in [1.82, 2.24) is 5.32 Å². The van der Waals surface area contributed by atoms with E-state index in [1.54, 1.807) is 6.08 Å². The number of hydrogen-bond acceptors (Lipinski definition) is 7. The summed E-state index contributed by atoms with van der Waals surface area (Å²) in [6.45, 7) is 6.63. The summed E-state index contributed by atoms with van der Waals surface area (Å²) >= 11 is 0. The Morgan fingerprint density at radius 3 is 1.41 bits per heavy atom. The normalized spacial score (nSPS) is 14.6. The minimum absolute atomic E-state index is 0.0371. The predicted molar refractivity (Wildman–Crippen MR) is 297 cm³/mol. The first-order valence-corrected chi connectivity index (χ1v) is 29.5. The van der Waals surface area contributed by atoms with Crippen LogP contribution in [-0.2, 0) is 27.9 Å². The van der Waals surface area contributed by atoms with Crippen molar-refractivity contribution in [2.45, 2.75) is 232 Å². The predicted octanol–water partition coefficient (Wildman–Crippen LogP) is 16.2. The molecular formula is C60H105N2O7P. The number of rotatable bonds is 49. The number of amides is 1. The van der Waals surface area contributed by atoms with Crippen LogP contribution in [0.3, 0.4) is 0 Å². The van der Waals surface area contributed by atoms with Crippen molar-refractivity contribution >= 4 is 19.7 Å². The maximum Gasteiger partial charge on any atom is 0.306 e. The van der Waals surface area contributed by atoms with Gasteiger partial charge in [0, 0.05) is 12.8 Å². The van der Waals surface area contributed by atoms with Gasteiger partial charge in [0.25, 0.3) is 7.82 Å². The van der Waals surface area contributed by atoms with Crippen LogP contribution >= 0.6 is 7.82 Å². The summed E-state index contributed by atoms with van der Waals surface area (Å²) in [5, 5.41) is 2.99. The molecule has 0 aliphatic heterocycles. The third-order valence-corrected chi connectivity index (χ3v) is 12.7. The van der Waals surface area contributed by atoms with E-state index in [1.165, 1.54) is 70.6 Å². The van der Waals surface area contributed by atoms with E-state index in [2.05, 4.69) is 111 Å². The summed E-state index contributed by atoms with van der Waals surface area (Å²) in [5.41, 5.74) is 0. The highest BCUT2D eigenvalue weighted by atomic mass is 31.2. The van der Waals surface area contributed by atoms with Gasteiger partial charge in [-0.05, 0) is 109 Å². The number of ether oxygens (including phenoxy) is 1. The number of quaternary nitrogens is 1. The standard InChI is InChI=1S/C60H105N2O7P/c1-7-10-13-16-19-22-25-27-29-30-31-32-33-35-38-41-44-47-50-53-60(64)69-58(51-48-45-42-39-36-24-21-18-15-12-9-3)57(56-68-70(65,66)67-55-54-62(4,5)6)61-59(63)52-49-46-43-40-37-34-28-26-23-20-17-14-11-8-2/h11,14,19-20,22-23,27-29,31-32,34-35,38,48,51,57-58H,7-10,12-13,15-18,21,24-26,30,33,36-37,39-47,49-50,52-56H2,1-6H3,(H-,61,63,65,66)/b14-11+,22-19-,23-20+,29-27-,32-31-,34-28+,38-35-,51-48+. The second-order valence-corrected chi connectivity index (χ2v) is 21.1. The smallest absolute Gasteiger partial charge is 0.306 e. The van der Waals surface area contributed by atoms with E-state index >= 15 is 0 Å². The average Bonchev–Trinajstić information content (AvgIpc) is 3.32. The second kappa shape index (κ2) is 49.5. The van der Waals surface area contributed by atoms with Crippen molar-refractivity contribution < 1.29 is 37.3 Å². The summed E-state index contributed by atoms with van der Waals surface area (Å²) < 4.78 is 30.1. The number of hydrogen-bond donors (Lipinski definition) is 1. The van der Waals surface area contributed by atoms with Gasteiger partial charge >= 0.3 is 5.97 Å². The first-order chi connectivity index (χ1) is 33.9. The molecule has 0 bridgehead atoms. The molecule has 0 fully saturated rings. The highest BCUT2D eigenvalue weighted by molar-refractivity contribution is 7.45. The van der Waals surface area contributed by atoms with E-state index in [0.29, 0.717) is 23.9 Å². The lowest BCUT2D eigenvalue weighted by Gasteiger charge is -2.30. The fraction of sp³-hybridized carbons (Fsp3) is 0.700. The lowest BCUT2D eigenvalue weighted by atomic mass is 10.1. The highest BCUT2D eigenvalue weighted by Gasteiger charge is 2.27. The van der Waals surface area contributed by atoms with E-state index in [4.69, 9.17) is 13.8 Å². The lowest BCUT2D eigenvalue weighted by Crippen LogP contribution is -2.47. The zero-order valence-electron chi connectivity index (χ0n) is 45.7. The minimum Gasteiger partial charge on any atom is -0.756 e. The number of nitrogens with one attached hydrogen (secondary N) is 1. The number of carbonyl (C=O) groups is 2. The van der Waals surface area contributed by atoms with Gasteiger partial charge in [0.2, 0.25) is 5.91 Å². The molecule has 0 heterocycles. The van der Waals surface area contributed by atoms with Gasteiger partial charge in [-0.1, -0.05) is 195 Å². The molecule has 3 atom stereocenters. The molecule has 0 rings (SSSR count). The van der Waals surface area contributed by atoms with Gasteiger partial charge in [0.1, 0.15) is 19.3 Å². The van der Waals surface area contributed by atoms with Crippen LogP contribution in [0.2, 0.25) is 0 Å². The quantitative estimate of drug-likeness (QED) is 0.0212. The van der Waals surface area contributed by atoms with Gasteiger partial charge in [0.15, 0.2) is 0 Å². The summed E-state index contributed by atoms with van der Waals surface area (Å²) in [7, 11) is 1.13. The third-order valence-electron chi connectivity index (χ3n) is 11.7. The Labute approximate surface area is 430 Å². The van der Waals surface area contributed by atoms with E-state index in [9.17, 15) is 19.0 Å². The highest BCUT2D eigenvalue weighted by Crippen LogP contribution is 2.38. The monoisotopic (exact) mass is 997 g/mol. The van der Waals surface area contributed by atoms with E-state index in [1.807, 2.05) is 27.2 Å². The summed E-state index contributed by atoms with van der Waals surface area (Å²) in [6.07, 6.45) is 65.2. The van der Waals surface area contributed by atoms with Crippen LogP contribution in [0.15, 0.2) is 97.2 Å². The van der Waals surface area contributed by atoms with Gasteiger partial charge < -0.3 is 28.5 Å². The summed E-state index contributed by atoms with van der Waals surface area (Å²) in [4.78, 5) is 39.8. The zero-order valence-corrected chi connectivity index (χ0v) is 46.6. The zero-order chi connectivity index (χ0) is 51.5. The molecule has 0 aromatic carbocycles. The van der Waals surface area contributed by atoms with Gasteiger partial charge in [-0.2, -0.15) is 0 Å². The van der Waals surface area contributed by atoms with Crippen LogP contribution in [0, 0.1) is 0 Å². The number of carbonyl (C=O) groups excluding carboxylic acids is 2. The number of esters is 1. The van der Waals surface area contributed by atoms with Crippen molar-refractivity contribution in [3.05, 3.63) is 97.2 Å². The molecule has 0 radical (unpaired) electrons. The molecule has 0 saturated carbocycles. The maximum atomic E-state index is 13.4. The second-order valence-electron chi connectivity index (χ2n) is 19.7. The number of nitrogens with zero attached hydrogens (tertiary/aromatic N) is 1. The number of phosphoric ester groups is 1. The largest absolute Gasteiger partial charge is 0.756 e. The first-order valence-electron chi connectivity index (χ1n) is 28.0. The molecule has 0 aliphatic carbocycles. The van der Waals surface area contributed by atoms with Crippen molar-refractivity contribution in [2.24, 2.45) is 0 Å². The molecule has 9 nitrogen and oxygen atoms in total. The van der Waals surface area contributed by atoms with Gasteiger partial charge in [-0.3, -0.25) is 14.2 Å². The minimum atomic E-state index is -4.71. The Morgan fingerprint density at radius 1 is 0.514 bits per heavy atom. The summed E-state index contributed by atoms with van der Waals surface area (Å²) in [6, 6.07) is -0.917. The van der Waals surface area contributed by atoms with E-state index in [-0.39, 0.29) is 31.3 Å². The number of phosphoric acid groups is 1. The van der Waals surface area contributed by atoms with Crippen LogP contribution in [0.4, 0.5) is 0 Å². The molecule has 1 N–H and O–H groups in total. The molecule has 0 saturated heterocycles. The Bertz CT molecular complexity index is 1520. The Morgan fingerprint density at radius 2 is 0.914 bits per heavy atom. The maximum absolute atomic E-state index is 13.4. The first kappa shape index (κ1) is 66.9. The van der Waals surface area contributed by atoms with Crippen LogP contribution in [0.5, 0.6) is 0 Å². The van der Waals surface area contributed by atoms with Crippen molar-refractivity contribution in [1.29, 1.82) is 0 Å². The molecule has 402 valence electrons. The van der Waals surface area contributed by atoms with Crippen molar-refractivity contribution in [2.75, 3.05) is 40.9 Å². The molecule has 0 spiro atoms. The molecule has 3 unspecified atom stereocenters. The van der Waals surface area contributed by atoms with Crippen molar-refractivity contribution in [3.63, 3.8) is 0 Å². The SMILES string of the molecule is CC/C=C/C/C=C/C/C=C/CCCCCCC(=O)NC(COP(=O)([O-])OCC[N+](C)(C)C)C(/C=C/CCCCCCCCCCC)OC(=O)CCCCC/C=C\C/C=C\C/C=C\C/C=C\CCCCC. The molecule has 0 aromatic rings. The third kappa shape index (κ3) is 49.9. The topological polar surface area (TPSA) is 114 Å². The number of unbranched alkanes of at least 4 members (excludes halogenated alkanes) is 19. The van der Waals surface area contributed by atoms with Crippen LogP contribution in [0.25, 0.3) is 0 Å². The van der Waals surface area contributed by atoms with Crippen LogP contribution < -0.4 is 10.2 Å². The van der Waals surface area contributed by atoms with Gasteiger partial charge in [0.05, 0.1) is 33.8 Å². The van der Waals surface area contributed by atoms with Crippen LogP contribution in [0.1, 0.15) is 220 Å². The molecule has 0 aromatic heterocycles. The van der Waals surface area contributed by atoms with Crippen molar-refractivity contribution in [3.8, 4) is 0 Å². The Balaban J connectivity index is 5.43. The van der Waals surface area contributed by atoms with Gasteiger partial charge in [-0.25, -0.2) is 0 Å². The Kier molecular flexibility index (Phi) is 47.3. The fourth-order valence-electron chi connectivity index (χ4n) is 7.40. The number of likely N-dealkylation sites (N-methyl/N-ethyl adjacent to an activating group) is 1. The average molecular weight is 997 g/mol. The molecule has 10 heteroatoms. The molecule has 1 amide bonds. The number of allylic oxidation sites excluding steroid dienone is 15. The summed E-state index contributed by atoms with van der Waals surface area (Å²) in [5.74, 6) is -0.612. The van der Waals surface area contributed by atoms with Gasteiger partial charge in [-0.15, -0.1) is 0 Å². The van der Waals surface area contributed by atoms with E-state index < -0.39 is 26.6 Å².